The fraction of sp³-hybridized carbons (Fsp3) is 0.167. The lowest BCUT2D eigenvalue weighted by molar-refractivity contribution is 0.183. The molecule has 0 aliphatic carbocycles. The van der Waals surface area contributed by atoms with Crippen molar-refractivity contribution in [3.05, 3.63) is 30.9 Å². The van der Waals surface area contributed by atoms with Gasteiger partial charge < -0.3 is 5.21 Å². The highest BCUT2D eigenvalue weighted by molar-refractivity contribution is 4.98. The zero-order valence-corrected chi connectivity index (χ0v) is 4.91. The highest BCUT2D eigenvalue weighted by Crippen LogP contribution is 1.92. The standard InChI is InChI=1S/C6H7N2O/c1-2-3-6-4-8(9)5-7-6/h2,5,9H,1,3H2. The Morgan fingerprint density at radius 2 is 2.78 bits per heavy atom. The van der Waals surface area contributed by atoms with Crippen LogP contribution in [0.15, 0.2) is 19.0 Å². The Labute approximate surface area is 53.2 Å². The lowest BCUT2D eigenvalue weighted by Crippen LogP contribution is -1.82. The van der Waals surface area contributed by atoms with Crippen LogP contribution in [0.1, 0.15) is 5.69 Å². The van der Waals surface area contributed by atoms with Crippen LogP contribution in [0, 0.1) is 6.20 Å². The van der Waals surface area contributed by atoms with Gasteiger partial charge in [-0.3, -0.25) is 0 Å². The normalized spacial score (nSPS) is 9.33. The van der Waals surface area contributed by atoms with Gasteiger partial charge in [0.25, 0.3) is 0 Å². The molecule has 1 radical (unpaired) electrons. The van der Waals surface area contributed by atoms with Crippen LogP contribution in [0.4, 0.5) is 0 Å². The Morgan fingerprint density at radius 1 is 2.00 bits per heavy atom. The van der Waals surface area contributed by atoms with Crippen molar-refractivity contribution >= 4 is 0 Å². The molecule has 0 aliphatic heterocycles. The molecule has 0 fully saturated rings. The number of hydrogen-bond donors (Lipinski definition) is 1. The first kappa shape index (κ1) is 5.88. The molecule has 1 rings (SSSR count). The van der Waals surface area contributed by atoms with Gasteiger partial charge in [-0.2, -0.15) is 4.73 Å². The van der Waals surface area contributed by atoms with E-state index in [0.29, 0.717) is 12.1 Å². The van der Waals surface area contributed by atoms with Crippen LogP contribution in [0.3, 0.4) is 0 Å². The predicted octanol–water partition coefficient (Wildman–Crippen LogP) is 0.649. The summed E-state index contributed by atoms with van der Waals surface area (Å²) in [5.74, 6) is 0. The highest BCUT2D eigenvalue weighted by Gasteiger charge is 1.92. The fourth-order valence-electron chi connectivity index (χ4n) is 0.549. The Morgan fingerprint density at radius 3 is 3.22 bits per heavy atom. The smallest absolute Gasteiger partial charge is 0.132 e. The maximum Gasteiger partial charge on any atom is 0.132 e. The largest absolute Gasteiger partial charge is 0.427 e. The molecule has 1 N–H and O–H groups in total. The van der Waals surface area contributed by atoms with E-state index in [2.05, 4.69) is 17.8 Å². The van der Waals surface area contributed by atoms with Crippen molar-refractivity contribution in [2.24, 2.45) is 0 Å². The second kappa shape index (κ2) is 2.35. The molecule has 9 heavy (non-hydrogen) atoms. The van der Waals surface area contributed by atoms with Crippen LogP contribution in [0.25, 0.3) is 0 Å². The average Bonchev–Trinajstić information content (AvgIpc) is 2.17. The van der Waals surface area contributed by atoms with E-state index in [-0.39, 0.29) is 0 Å². The minimum Gasteiger partial charge on any atom is -0.427 e. The summed E-state index contributed by atoms with van der Waals surface area (Å²) >= 11 is 0. The Balaban J connectivity index is 2.72. The molecule has 1 aromatic rings. The van der Waals surface area contributed by atoms with Crippen molar-refractivity contribution < 1.29 is 5.21 Å². The van der Waals surface area contributed by atoms with E-state index < -0.39 is 0 Å². The lowest BCUT2D eigenvalue weighted by Gasteiger charge is -1.81. The quantitative estimate of drug-likeness (QED) is 0.463. The van der Waals surface area contributed by atoms with Crippen molar-refractivity contribution in [3.8, 4) is 0 Å². The van der Waals surface area contributed by atoms with Crippen molar-refractivity contribution in [2.45, 2.75) is 6.42 Å². The highest BCUT2D eigenvalue weighted by atomic mass is 16.5. The molecule has 0 bridgehead atoms. The summed E-state index contributed by atoms with van der Waals surface area (Å²) in [5, 5.41) is 8.64. The maximum absolute atomic E-state index is 8.64. The summed E-state index contributed by atoms with van der Waals surface area (Å²) in [6.07, 6.45) is 6.21. The summed E-state index contributed by atoms with van der Waals surface area (Å²) in [5.41, 5.74) is 0.701. The number of hydrogen-bond acceptors (Lipinski definition) is 2. The minimum atomic E-state index is 0.646. The Bertz CT molecular complexity index is 205. The van der Waals surface area contributed by atoms with Gasteiger partial charge in [-0.15, -0.1) is 6.58 Å². The van der Waals surface area contributed by atoms with Crippen LogP contribution in [-0.4, -0.2) is 14.9 Å². The summed E-state index contributed by atoms with van der Waals surface area (Å²) in [6.45, 7) is 3.51. The van der Waals surface area contributed by atoms with Gasteiger partial charge in [0.15, 0.2) is 0 Å². The van der Waals surface area contributed by atoms with E-state index in [4.69, 9.17) is 5.21 Å². The third-order valence-electron chi connectivity index (χ3n) is 0.904. The van der Waals surface area contributed by atoms with Crippen LogP contribution in [0.5, 0.6) is 0 Å². The van der Waals surface area contributed by atoms with Gasteiger partial charge in [0.1, 0.15) is 12.5 Å². The third kappa shape index (κ3) is 1.32. The molecule has 0 aliphatic rings. The molecule has 1 heterocycles. The van der Waals surface area contributed by atoms with E-state index in [0.717, 1.165) is 4.73 Å². The SMILES string of the molecule is C=CCc1[c]n(O)cn1. The molecule has 0 saturated heterocycles. The van der Waals surface area contributed by atoms with Crippen LogP contribution >= 0.6 is 0 Å². The number of imidazole rings is 1. The second-order valence-corrected chi connectivity index (χ2v) is 1.64. The maximum atomic E-state index is 8.64. The molecule has 0 atom stereocenters. The van der Waals surface area contributed by atoms with Crippen molar-refractivity contribution in [1.82, 2.24) is 9.71 Å². The van der Waals surface area contributed by atoms with Crippen LogP contribution < -0.4 is 0 Å². The summed E-state index contributed by atoms with van der Waals surface area (Å²) < 4.78 is 0.804. The minimum absolute atomic E-state index is 0.646. The molecule has 3 heteroatoms. The van der Waals surface area contributed by atoms with E-state index in [1.165, 1.54) is 6.33 Å². The number of rotatable bonds is 2. The monoisotopic (exact) mass is 123 g/mol. The van der Waals surface area contributed by atoms with E-state index in [1.807, 2.05) is 0 Å². The van der Waals surface area contributed by atoms with Gasteiger partial charge in [-0.05, 0) is 0 Å². The van der Waals surface area contributed by atoms with Gasteiger partial charge in [0.2, 0.25) is 0 Å². The molecule has 1 aromatic heterocycles. The second-order valence-electron chi connectivity index (χ2n) is 1.64. The Hall–Kier alpha value is -1.25. The van der Waals surface area contributed by atoms with E-state index in [9.17, 15) is 0 Å². The number of allylic oxidation sites excluding steroid dienone is 1. The summed E-state index contributed by atoms with van der Waals surface area (Å²) in [6, 6.07) is 0. The molecule has 0 spiro atoms. The van der Waals surface area contributed by atoms with Crippen molar-refractivity contribution in [2.75, 3.05) is 0 Å². The van der Waals surface area contributed by atoms with Gasteiger partial charge in [-0.1, -0.05) is 6.08 Å². The first-order chi connectivity index (χ1) is 4.33. The molecule has 3 nitrogen and oxygen atoms in total. The summed E-state index contributed by atoms with van der Waals surface area (Å²) in [7, 11) is 0. The molecular formula is C6H7N2O. The van der Waals surface area contributed by atoms with Gasteiger partial charge >= 0.3 is 0 Å². The van der Waals surface area contributed by atoms with Gasteiger partial charge in [0, 0.05) is 6.42 Å². The van der Waals surface area contributed by atoms with Crippen molar-refractivity contribution in [3.63, 3.8) is 0 Å². The third-order valence-corrected chi connectivity index (χ3v) is 0.904. The number of aromatic nitrogens is 2. The van der Waals surface area contributed by atoms with Crippen molar-refractivity contribution in [1.29, 1.82) is 0 Å². The van der Waals surface area contributed by atoms with Crippen LogP contribution in [-0.2, 0) is 6.42 Å². The zero-order valence-electron chi connectivity index (χ0n) is 4.91. The van der Waals surface area contributed by atoms with Crippen LogP contribution in [0.2, 0.25) is 0 Å². The number of nitrogens with zero attached hydrogens (tertiary/aromatic N) is 2. The zero-order chi connectivity index (χ0) is 6.69. The predicted molar refractivity (Wildman–Crippen MR) is 32.1 cm³/mol. The Kier molecular flexibility index (Phi) is 1.53. The average molecular weight is 123 g/mol. The summed E-state index contributed by atoms with van der Waals surface area (Å²) in [4.78, 5) is 3.79. The molecule has 0 amide bonds. The van der Waals surface area contributed by atoms with Gasteiger partial charge in [0.05, 0.1) is 5.69 Å². The van der Waals surface area contributed by atoms with E-state index >= 15 is 0 Å². The molecule has 0 unspecified atom stereocenters. The van der Waals surface area contributed by atoms with E-state index in [1.54, 1.807) is 6.08 Å². The first-order valence-electron chi connectivity index (χ1n) is 2.58. The van der Waals surface area contributed by atoms with Gasteiger partial charge in [-0.25, -0.2) is 4.98 Å². The topological polar surface area (TPSA) is 38.0 Å². The first-order valence-corrected chi connectivity index (χ1v) is 2.58. The fourth-order valence-corrected chi connectivity index (χ4v) is 0.549. The molecule has 0 aromatic carbocycles. The molecule has 47 valence electrons. The lowest BCUT2D eigenvalue weighted by atomic mass is 10.3. The molecule has 0 saturated carbocycles. The molecular weight excluding hydrogens is 116 g/mol.